The average molecular weight is 319 g/mol. The minimum atomic E-state index is -0.452. The van der Waals surface area contributed by atoms with Crippen LogP contribution in [0.15, 0.2) is 24.3 Å². The second kappa shape index (κ2) is 8.67. The van der Waals surface area contributed by atoms with Gasteiger partial charge in [0.25, 0.3) is 5.91 Å². The van der Waals surface area contributed by atoms with E-state index >= 15 is 0 Å². The number of carbonyl (C=O) groups excluding carboxylic acids is 2. The quantitative estimate of drug-likeness (QED) is 0.790. The van der Waals surface area contributed by atoms with Crippen molar-refractivity contribution in [1.82, 2.24) is 5.32 Å². The fraction of sp³-hybridized carbons (Fsp3) is 0.556. The van der Waals surface area contributed by atoms with Crippen molar-refractivity contribution in [3.8, 4) is 0 Å². The van der Waals surface area contributed by atoms with E-state index in [4.69, 9.17) is 0 Å². The van der Waals surface area contributed by atoms with Crippen LogP contribution in [-0.2, 0) is 9.53 Å². The average Bonchev–Trinajstić information content (AvgIpc) is 2.61. The number of rotatable bonds is 6. The van der Waals surface area contributed by atoms with Crippen LogP contribution >= 0.6 is 0 Å². The summed E-state index contributed by atoms with van der Waals surface area (Å²) >= 11 is 0. The van der Waals surface area contributed by atoms with Gasteiger partial charge in [0.05, 0.1) is 19.6 Å². The number of hydrogen-bond donors (Lipinski definition) is 2. The Bertz CT molecular complexity index is 520. The van der Waals surface area contributed by atoms with E-state index in [0.717, 1.165) is 18.4 Å². The number of esters is 1. The van der Waals surface area contributed by atoms with Crippen LogP contribution in [0.4, 0.5) is 0 Å². The zero-order valence-electron chi connectivity index (χ0n) is 13.6. The Morgan fingerprint density at radius 3 is 2.48 bits per heavy atom. The maximum absolute atomic E-state index is 12.0. The van der Waals surface area contributed by atoms with Gasteiger partial charge in [0.2, 0.25) is 0 Å². The molecular formula is C18H25NO4. The Labute approximate surface area is 137 Å². The maximum Gasteiger partial charge on any atom is 0.307 e. The summed E-state index contributed by atoms with van der Waals surface area (Å²) in [7, 11) is 1.32. The molecule has 1 atom stereocenters. The molecule has 23 heavy (non-hydrogen) atoms. The van der Waals surface area contributed by atoms with Crippen molar-refractivity contribution in [3.63, 3.8) is 0 Å². The molecule has 5 heteroatoms. The Morgan fingerprint density at radius 1 is 1.22 bits per heavy atom. The van der Waals surface area contributed by atoms with Crippen LogP contribution < -0.4 is 5.32 Å². The van der Waals surface area contributed by atoms with Gasteiger partial charge in [-0.25, -0.2) is 0 Å². The summed E-state index contributed by atoms with van der Waals surface area (Å²) in [5, 5.41) is 13.1. The fourth-order valence-electron chi connectivity index (χ4n) is 3.04. The number of methoxy groups -OCH3 is 1. The number of hydrogen-bond acceptors (Lipinski definition) is 4. The second-order valence-electron chi connectivity index (χ2n) is 6.05. The third-order valence-corrected chi connectivity index (χ3v) is 4.45. The molecule has 0 bridgehead atoms. The lowest BCUT2D eigenvalue weighted by Crippen LogP contribution is -2.26. The van der Waals surface area contributed by atoms with Crippen molar-refractivity contribution in [3.05, 3.63) is 35.4 Å². The van der Waals surface area contributed by atoms with E-state index < -0.39 is 6.10 Å². The summed E-state index contributed by atoms with van der Waals surface area (Å²) in [5.41, 5.74) is 1.39. The number of nitrogens with one attached hydrogen (secondary N) is 1. The fourth-order valence-corrected chi connectivity index (χ4v) is 3.04. The molecule has 5 nitrogen and oxygen atoms in total. The molecule has 1 aromatic carbocycles. The predicted octanol–water partition coefficient (Wildman–Crippen LogP) is 2.59. The lowest BCUT2D eigenvalue weighted by Gasteiger charge is -2.26. The first-order valence-electron chi connectivity index (χ1n) is 8.25. The van der Waals surface area contributed by atoms with E-state index in [1.807, 2.05) is 12.1 Å². The molecule has 1 saturated carbocycles. The largest absolute Gasteiger partial charge is 0.469 e. The highest BCUT2D eigenvalue weighted by Crippen LogP contribution is 2.34. The topological polar surface area (TPSA) is 75.6 Å². The molecule has 1 aliphatic rings. The summed E-state index contributed by atoms with van der Waals surface area (Å²) < 4.78 is 4.52. The van der Waals surface area contributed by atoms with Gasteiger partial charge in [0.15, 0.2) is 0 Å². The van der Waals surface area contributed by atoms with Gasteiger partial charge in [-0.15, -0.1) is 0 Å². The zero-order valence-corrected chi connectivity index (χ0v) is 13.6. The number of benzene rings is 1. The highest BCUT2D eigenvalue weighted by molar-refractivity contribution is 5.94. The highest BCUT2D eigenvalue weighted by atomic mass is 16.5. The molecule has 0 spiro atoms. The minimum absolute atomic E-state index is 0.153. The summed E-state index contributed by atoms with van der Waals surface area (Å²) in [5.74, 6) is -0.257. The van der Waals surface area contributed by atoms with E-state index in [1.54, 1.807) is 12.1 Å². The van der Waals surface area contributed by atoms with E-state index in [2.05, 4.69) is 10.1 Å². The third kappa shape index (κ3) is 5.06. The SMILES string of the molecule is COC(=O)CCNC(=O)c1ccc([C@H](O)C2CCCCC2)cc1. The van der Waals surface area contributed by atoms with Crippen molar-refractivity contribution in [2.24, 2.45) is 5.92 Å². The molecule has 2 rings (SSSR count). The van der Waals surface area contributed by atoms with Crippen LogP contribution in [0, 0.1) is 5.92 Å². The van der Waals surface area contributed by atoms with Gasteiger partial charge in [-0.1, -0.05) is 31.4 Å². The van der Waals surface area contributed by atoms with E-state index in [1.165, 1.54) is 26.4 Å². The summed E-state index contributed by atoms with van der Waals surface area (Å²) in [6.45, 7) is 0.248. The van der Waals surface area contributed by atoms with Gasteiger partial charge in [-0.05, 0) is 36.5 Å². The van der Waals surface area contributed by atoms with Crippen molar-refractivity contribution in [2.75, 3.05) is 13.7 Å². The first-order valence-corrected chi connectivity index (χ1v) is 8.25. The van der Waals surface area contributed by atoms with Crippen LogP contribution in [0.5, 0.6) is 0 Å². The van der Waals surface area contributed by atoms with E-state index in [9.17, 15) is 14.7 Å². The van der Waals surface area contributed by atoms with E-state index in [-0.39, 0.29) is 24.8 Å². The van der Waals surface area contributed by atoms with Crippen LogP contribution in [0.3, 0.4) is 0 Å². The maximum atomic E-state index is 12.0. The molecule has 0 radical (unpaired) electrons. The van der Waals surface area contributed by atoms with Crippen molar-refractivity contribution < 1.29 is 19.4 Å². The molecule has 1 aliphatic carbocycles. The molecule has 126 valence electrons. The molecular weight excluding hydrogens is 294 g/mol. The van der Waals surface area contributed by atoms with Crippen LogP contribution in [0.25, 0.3) is 0 Å². The van der Waals surface area contributed by atoms with Crippen molar-refractivity contribution in [1.29, 1.82) is 0 Å². The minimum Gasteiger partial charge on any atom is -0.469 e. The molecule has 1 amide bonds. The molecule has 0 heterocycles. The monoisotopic (exact) mass is 319 g/mol. The molecule has 0 saturated heterocycles. The zero-order chi connectivity index (χ0) is 16.7. The smallest absolute Gasteiger partial charge is 0.307 e. The van der Waals surface area contributed by atoms with Crippen LogP contribution in [0.1, 0.15) is 60.6 Å². The normalized spacial score (nSPS) is 16.6. The van der Waals surface area contributed by atoms with Gasteiger partial charge in [-0.3, -0.25) is 9.59 Å². The highest BCUT2D eigenvalue weighted by Gasteiger charge is 2.23. The molecule has 0 aromatic heterocycles. The van der Waals surface area contributed by atoms with E-state index in [0.29, 0.717) is 11.5 Å². The molecule has 0 unspecified atom stereocenters. The molecule has 0 aliphatic heterocycles. The van der Waals surface area contributed by atoms with Gasteiger partial charge in [0.1, 0.15) is 0 Å². The third-order valence-electron chi connectivity index (χ3n) is 4.45. The Hall–Kier alpha value is -1.88. The van der Waals surface area contributed by atoms with Crippen molar-refractivity contribution in [2.45, 2.75) is 44.6 Å². The number of carbonyl (C=O) groups is 2. The lowest BCUT2D eigenvalue weighted by atomic mass is 9.82. The van der Waals surface area contributed by atoms with Gasteiger partial charge in [0, 0.05) is 12.1 Å². The molecule has 1 aromatic rings. The lowest BCUT2D eigenvalue weighted by molar-refractivity contribution is -0.140. The van der Waals surface area contributed by atoms with Gasteiger partial charge < -0.3 is 15.2 Å². The number of amides is 1. The first kappa shape index (κ1) is 17.5. The Kier molecular flexibility index (Phi) is 6.59. The molecule has 2 N–H and O–H groups in total. The second-order valence-corrected chi connectivity index (χ2v) is 6.05. The van der Waals surface area contributed by atoms with Crippen molar-refractivity contribution >= 4 is 11.9 Å². The van der Waals surface area contributed by atoms with Crippen LogP contribution in [-0.4, -0.2) is 30.6 Å². The first-order chi connectivity index (χ1) is 11.1. The summed E-state index contributed by atoms with van der Waals surface area (Å²) in [6.07, 6.45) is 5.46. The van der Waals surface area contributed by atoms with Gasteiger partial charge in [-0.2, -0.15) is 0 Å². The predicted molar refractivity (Wildman–Crippen MR) is 86.9 cm³/mol. The number of aliphatic hydroxyl groups is 1. The Balaban J connectivity index is 1.88. The molecule has 1 fully saturated rings. The van der Waals surface area contributed by atoms with Crippen LogP contribution in [0.2, 0.25) is 0 Å². The standard InChI is InChI=1S/C18H25NO4/c1-23-16(20)11-12-19-18(22)15-9-7-14(8-10-15)17(21)13-5-3-2-4-6-13/h7-10,13,17,21H,2-6,11-12H2,1H3,(H,19,22)/t17-/m1/s1. The van der Waals surface area contributed by atoms with Gasteiger partial charge >= 0.3 is 5.97 Å². The summed E-state index contributed by atoms with van der Waals surface area (Å²) in [4.78, 5) is 23.0. The number of aliphatic hydroxyl groups excluding tert-OH is 1. The summed E-state index contributed by atoms with van der Waals surface area (Å²) in [6, 6.07) is 7.06. The number of ether oxygens (including phenoxy) is 1. The Morgan fingerprint density at radius 2 is 1.87 bits per heavy atom.